The predicted molar refractivity (Wildman–Crippen MR) is 105 cm³/mol. The highest BCUT2D eigenvalue weighted by Gasteiger charge is 2.35. The van der Waals surface area contributed by atoms with Crippen molar-refractivity contribution in [2.75, 3.05) is 19.6 Å². The lowest BCUT2D eigenvalue weighted by Crippen LogP contribution is -2.51. The van der Waals surface area contributed by atoms with E-state index in [2.05, 4.69) is 57.8 Å². The Balaban J connectivity index is 0.00000208. The van der Waals surface area contributed by atoms with Crippen LogP contribution in [-0.4, -0.2) is 25.5 Å². The number of benzene rings is 1. The van der Waals surface area contributed by atoms with Gasteiger partial charge in [0.2, 0.25) is 5.91 Å². The second-order valence-corrected chi connectivity index (χ2v) is 8.19. The Morgan fingerprint density at radius 3 is 2.42 bits per heavy atom. The Labute approximate surface area is 159 Å². The standard InChI is InChI=1S/C19H27BrN2O.ClH/c1-14(15-11-21-12-15)18(23)22-13-19(9-3-2-4-10-19)16-5-7-17(20)8-6-16;/h5-8,14-15,21H,2-4,9-13H2,1H3,(H,22,23);1H. The molecule has 1 aliphatic heterocycles. The van der Waals surface area contributed by atoms with Crippen molar-refractivity contribution in [2.24, 2.45) is 11.8 Å². The monoisotopic (exact) mass is 414 g/mol. The van der Waals surface area contributed by atoms with Crippen LogP contribution in [0.1, 0.15) is 44.6 Å². The number of nitrogens with one attached hydrogen (secondary N) is 2. The van der Waals surface area contributed by atoms with E-state index in [4.69, 9.17) is 0 Å². The van der Waals surface area contributed by atoms with Gasteiger partial charge in [-0.1, -0.05) is 54.2 Å². The SMILES string of the molecule is CC(C(=O)NCC1(c2ccc(Br)cc2)CCCCC1)C1CNC1.Cl. The molecule has 24 heavy (non-hydrogen) atoms. The number of carbonyl (C=O) groups excluding carboxylic acids is 1. The molecule has 1 aromatic rings. The predicted octanol–water partition coefficient (Wildman–Crippen LogP) is 4.04. The minimum Gasteiger partial charge on any atom is -0.355 e. The van der Waals surface area contributed by atoms with Gasteiger partial charge in [0.1, 0.15) is 0 Å². The third kappa shape index (κ3) is 4.33. The highest BCUT2D eigenvalue weighted by atomic mass is 79.9. The topological polar surface area (TPSA) is 41.1 Å². The summed E-state index contributed by atoms with van der Waals surface area (Å²) < 4.78 is 1.11. The quantitative estimate of drug-likeness (QED) is 0.762. The van der Waals surface area contributed by atoms with E-state index in [-0.39, 0.29) is 29.6 Å². The van der Waals surface area contributed by atoms with Crippen LogP contribution in [0.3, 0.4) is 0 Å². The fourth-order valence-corrected chi connectivity index (χ4v) is 4.16. The summed E-state index contributed by atoms with van der Waals surface area (Å²) in [4.78, 5) is 12.5. The number of amides is 1. The molecule has 2 fully saturated rings. The van der Waals surface area contributed by atoms with Crippen molar-refractivity contribution in [3.8, 4) is 0 Å². The molecule has 2 N–H and O–H groups in total. The second-order valence-electron chi connectivity index (χ2n) is 7.27. The van der Waals surface area contributed by atoms with Crippen LogP contribution >= 0.6 is 28.3 Å². The van der Waals surface area contributed by atoms with Crippen LogP contribution < -0.4 is 10.6 Å². The lowest BCUT2D eigenvalue weighted by molar-refractivity contribution is -0.127. The molecule has 0 spiro atoms. The highest BCUT2D eigenvalue weighted by Crippen LogP contribution is 2.39. The summed E-state index contributed by atoms with van der Waals surface area (Å²) in [5.41, 5.74) is 1.49. The smallest absolute Gasteiger partial charge is 0.223 e. The van der Waals surface area contributed by atoms with Crippen LogP contribution in [0.25, 0.3) is 0 Å². The van der Waals surface area contributed by atoms with E-state index in [9.17, 15) is 4.79 Å². The molecule has 2 aliphatic rings. The number of halogens is 2. The first-order valence-corrected chi connectivity index (χ1v) is 9.64. The molecule has 0 radical (unpaired) electrons. The molecule has 3 nitrogen and oxygen atoms in total. The van der Waals surface area contributed by atoms with Crippen LogP contribution in [0.15, 0.2) is 28.7 Å². The van der Waals surface area contributed by atoms with E-state index in [1.807, 2.05) is 0 Å². The maximum Gasteiger partial charge on any atom is 0.223 e. The van der Waals surface area contributed by atoms with Gasteiger partial charge in [-0.2, -0.15) is 0 Å². The zero-order valence-electron chi connectivity index (χ0n) is 14.3. The third-order valence-electron chi connectivity index (χ3n) is 5.80. The van der Waals surface area contributed by atoms with Gasteiger partial charge >= 0.3 is 0 Å². The normalized spacial score (nSPS) is 21.2. The van der Waals surface area contributed by atoms with Gasteiger partial charge in [-0.3, -0.25) is 4.79 Å². The highest BCUT2D eigenvalue weighted by molar-refractivity contribution is 9.10. The molecule has 1 saturated heterocycles. The average Bonchev–Trinajstić information content (AvgIpc) is 2.52. The molecule has 1 unspecified atom stereocenters. The lowest BCUT2D eigenvalue weighted by Gasteiger charge is -2.39. The number of carbonyl (C=O) groups is 1. The van der Waals surface area contributed by atoms with Gasteiger partial charge in [-0.15, -0.1) is 12.4 Å². The maximum absolute atomic E-state index is 12.5. The van der Waals surface area contributed by atoms with Gasteiger partial charge in [-0.25, -0.2) is 0 Å². The summed E-state index contributed by atoms with van der Waals surface area (Å²) in [6, 6.07) is 8.69. The molecule has 1 amide bonds. The fourth-order valence-electron chi connectivity index (χ4n) is 3.90. The summed E-state index contributed by atoms with van der Waals surface area (Å²) in [5, 5.41) is 6.53. The molecule has 1 aliphatic carbocycles. The molecule has 3 rings (SSSR count). The van der Waals surface area contributed by atoms with Gasteiger partial charge in [0.15, 0.2) is 0 Å². The van der Waals surface area contributed by atoms with E-state index in [1.54, 1.807) is 0 Å². The Morgan fingerprint density at radius 1 is 1.25 bits per heavy atom. The van der Waals surface area contributed by atoms with Gasteiger partial charge in [-0.05, 0) is 49.5 Å². The van der Waals surface area contributed by atoms with Crippen molar-refractivity contribution >= 4 is 34.2 Å². The van der Waals surface area contributed by atoms with Crippen molar-refractivity contribution in [1.29, 1.82) is 0 Å². The van der Waals surface area contributed by atoms with Gasteiger partial charge in [0.25, 0.3) is 0 Å². The molecular weight excluding hydrogens is 388 g/mol. The molecule has 0 aromatic heterocycles. The van der Waals surface area contributed by atoms with Crippen molar-refractivity contribution < 1.29 is 4.79 Å². The Kier molecular flexibility index (Phi) is 7.14. The Hall–Kier alpha value is -0.580. The minimum atomic E-state index is 0. The van der Waals surface area contributed by atoms with Crippen LogP contribution in [0.5, 0.6) is 0 Å². The molecule has 5 heteroatoms. The summed E-state index contributed by atoms with van der Waals surface area (Å²) in [6.45, 7) is 4.80. The largest absolute Gasteiger partial charge is 0.355 e. The lowest BCUT2D eigenvalue weighted by atomic mass is 9.69. The number of rotatable bonds is 5. The van der Waals surface area contributed by atoms with Gasteiger partial charge in [0.05, 0.1) is 0 Å². The van der Waals surface area contributed by atoms with Crippen molar-refractivity contribution in [1.82, 2.24) is 10.6 Å². The van der Waals surface area contributed by atoms with Crippen molar-refractivity contribution in [3.05, 3.63) is 34.3 Å². The molecule has 1 saturated carbocycles. The summed E-state index contributed by atoms with van der Waals surface area (Å²) >= 11 is 3.52. The minimum absolute atomic E-state index is 0. The fraction of sp³-hybridized carbons (Fsp3) is 0.632. The zero-order valence-corrected chi connectivity index (χ0v) is 16.7. The van der Waals surface area contributed by atoms with Crippen LogP contribution in [0.4, 0.5) is 0 Å². The molecule has 1 atom stereocenters. The third-order valence-corrected chi connectivity index (χ3v) is 6.33. The zero-order chi connectivity index (χ0) is 16.3. The van der Waals surface area contributed by atoms with Crippen molar-refractivity contribution in [2.45, 2.75) is 44.4 Å². The molecule has 134 valence electrons. The molecule has 0 bridgehead atoms. The molecule has 1 heterocycles. The van der Waals surface area contributed by atoms with Crippen LogP contribution in [-0.2, 0) is 10.2 Å². The van der Waals surface area contributed by atoms with E-state index >= 15 is 0 Å². The van der Waals surface area contributed by atoms with E-state index in [0.29, 0.717) is 5.92 Å². The van der Waals surface area contributed by atoms with Crippen LogP contribution in [0, 0.1) is 11.8 Å². The van der Waals surface area contributed by atoms with E-state index in [1.165, 1.54) is 37.7 Å². The number of hydrogen-bond donors (Lipinski definition) is 2. The van der Waals surface area contributed by atoms with Gasteiger partial charge in [0, 0.05) is 22.4 Å². The first-order chi connectivity index (χ1) is 11.1. The van der Waals surface area contributed by atoms with Crippen molar-refractivity contribution in [3.63, 3.8) is 0 Å². The van der Waals surface area contributed by atoms with E-state index in [0.717, 1.165) is 24.1 Å². The second kappa shape index (κ2) is 8.68. The van der Waals surface area contributed by atoms with Gasteiger partial charge < -0.3 is 10.6 Å². The average molecular weight is 416 g/mol. The summed E-state index contributed by atoms with van der Waals surface area (Å²) in [5.74, 6) is 0.838. The summed E-state index contributed by atoms with van der Waals surface area (Å²) in [6.07, 6.45) is 6.18. The molecule has 1 aromatic carbocycles. The first-order valence-electron chi connectivity index (χ1n) is 8.85. The van der Waals surface area contributed by atoms with E-state index < -0.39 is 0 Å². The summed E-state index contributed by atoms with van der Waals surface area (Å²) in [7, 11) is 0. The number of hydrogen-bond acceptors (Lipinski definition) is 2. The maximum atomic E-state index is 12.5. The molecular formula is C19H28BrClN2O. The Morgan fingerprint density at radius 2 is 1.88 bits per heavy atom. The Bertz CT molecular complexity index is 539. The van der Waals surface area contributed by atoms with Crippen LogP contribution in [0.2, 0.25) is 0 Å². The first kappa shape index (κ1) is 19.7.